The van der Waals surface area contributed by atoms with Gasteiger partial charge in [-0.3, -0.25) is 4.79 Å². The fraction of sp³-hybridized carbons (Fsp3) is 0.615. The Morgan fingerprint density at radius 3 is 3.13 bits per heavy atom. The van der Waals surface area contributed by atoms with E-state index in [1.165, 1.54) is 12.8 Å². The van der Waals surface area contributed by atoms with E-state index in [0.717, 1.165) is 18.3 Å². The zero-order chi connectivity index (χ0) is 10.4. The van der Waals surface area contributed by atoms with E-state index in [4.69, 9.17) is 5.11 Å². The second-order valence-corrected chi connectivity index (χ2v) is 5.10. The molecule has 2 fully saturated rings. The monoisotopic (exact) mass is 204 g/mol. The predicted octanol–water partition coefficient (Wildman–Crippen LogP) is 2.62. The summed E-state index contributed by atoms with van der Waals surface area (Å²) in [5.74, 6) is 2.21. The van der Waals surface area contributed by atoms with Gasteiger partial charge in [0.1, 0.15) is 0 Å². The second-order valence-electron chi connectivity index (χ2n) is 5.10. The van der Waals surface area contributed by atoms with Crippen molar-refractivity contribution in [3.63, 3.8) is 0 Å². The highest BCUT2D eigenvalue weighted by Gasteiger charge is 2.48. The van der Waals surface area contributed by atoms with Gasteiger partial charge in [-0.05, 0) is 37.0 Å². The lowest BCUT2D eigenvalue weighted by atomic mass is 9.77. The first-order chi connectivity index (χ1) is 7.25. The normalized spacial score (nSPS) is 40.7. The summed E-state index contributed by atoms with van der Waals surface area (Å²) in [4.78, 5) is 10.6. The van der Waals surface area contributed by atoms with Gasteiger partial charge in [-0.1, -0.05) is 23.8 Å². The number of hydrogen-bond donors (Lipinski definition) is 1. The summed E-state index contributed by atoms with van der Waals surface area (Å²) in [6, 6.07) is 0. The Bertz CT molecular complexity index is 354. The summed E-state index contributed by atoms with van der Waals surface area (Å²) in [7, 11) is 0. The molecule has 15 heavy (non-hydrogen) atoms. The van der Waals surface area contributed by atoms with Gasteiger partial charge in [0, 0.05) is 12.3 Å². The van der Waals surface area contributed by atoms with Crippen LogP contribution in [-0.4, -0.2) is 11.1 Å². The highest BCUT2D eigenvalue weighted by molar-refractivity contribution is 5.66. The van der Waals surface area contributed by atoms with Crippen molar-refractivity contribution in [3.8, 4) is 0 Å². The van der Waals surface area contributed by atoms with Crippen molar-refractivity contribution in [1.82, 2.24) is 0 Å². The molecule has 2 nitrogen and oxygen atoms in total. The lowest BCUT2D eigenvalue weighted by molar-refractivity contribution is -0.137. The molecule has 0 amide bonds. The quantitative estimate of drug-likeness (QED) is 0.767. The smallest absolute Gasteiger partial charge is 0.303 e. The number of allylic oxidation sites excluding steroid dienone is 4. The van der Waals surface area contributed by atoms with Crippen LogP contribution in [0.15, 0.2) is 23.8 Å². The molecule has 1 N–H and O–H groups in total. The Labute approximate surface area is 89.7 Å². The van der Waals surface area contributed by atoms with Crippen molar-refractivity contribution in [2.24, 2.45) is 23.7 Å². The Hall–Kier alpha value is -1.05. The van der Waals surface area contributed by atoms with E-state index in [1.54, 1.807) is 5.57 Å². The molecule has 0 spiro atoms. The summed E-state index contributed by atoms with van der Waals surface area (Å²) in [6.07, 6.45) is 10.6. The fourth-order valence-electron chi connectivity index (χ4n) is 3.82. The van der Waals surface area contributed by atoms with E-state index in [9.17, 15) is 4.79 Å². The minimum Gasteiger partial charge on any atom is -0.481 e. The second kappa shape index (κ2) is 3.22. The first kappa shape index (κ1) is 9.20. The van der Waals surface area contributed by atoms with Crippen LogP contribution in [0.3, 0.4) is 0 Å². The molecule has 2 heteroatoms. The van der Waals surface area contributed by atoms with Gasteiger partial charge in [-0.15, -0.1) is 0 Å². The average molecular weight is 204 g/mol. The molecular formula is C13H16O2. The average Bonchev–Trinajstić information content (AvgIpc) is 2.86. The van der Waals surface area contributed by atoms with E-state index >= 15 is 0 Å². The number of carboxylic acids is 1. The third-order valence-electron chi connectivity index (χ3n) is 4.40. The molecule has 2 bridgehead atoms. The van der Waals surface area contributed by atoms with Crippen LogP contribution in [0.1, 0.15) is 25.7 Å². The summed E-state index contributed by atoms with van der Waals surface area (Å²) in [5, 5.41) is 8.71. The molecule has 0 aromatic carbocycles. The van der Waals surface area contributed by atoms with Crippen molar-refractivity contribution >= 4 is 5.97 Å². The number of carbonyl (C=O) groups is 1. The van der Waals surface area contributed by atoms with Crippen LogP contribution < -0.4 is 0 Å². The SMILES string of the molecule is O=C(O)CCC1CC2CC1C1C=CC=C21. The Morgan fingerprint density at radius 2 is 2.33 bits per heavy atom. The molecule has 2 saturated carbocycles. The zero-order valence-electron chi connectivity index (χ0n) is 8.73. The molecule has 0 heterocycles. The maximum absolute atomic E-state index is 10.6. The van der Waals surface area contributed by atoms with Crippen molar-refractivity contribution in [3.05, 3.63) is 23.8 Å². The van der Waals surface area contributed by atoms with Gasteiger partial charge < -0.3 is 5.11 Å². The van der Waals surface area contributed by atoms with Gasteiger partial charge in [0.25, 0.3) is 0 Å². The minimum atomic E-state index is -0.643. The molecule has 4 unspecified atom stereocenters. The molecule has 3 aliphatic carbocycles. The largest absolute Gasteiger partial charge is 0.481 e. The Balaban J connectivity index is 1.69. The third-order valence-corrected chi connectivity index (χ3v) is 4.40. The summed E-state index contributed by atoms with van der Waals surface area (Å²) in [5.41, 5.74) is 1.63. The van der Waals surface area contributed by atoms with Gasteiger partial charge in [0.15, 0.2) is 0 Å². The van der Waals surface area contributed by atoms with Crippen molar-refractivity contribution in [1.29, 1.82) is 0 Å². The molecule has 0 aliphatic heterocycles. The van der Waals surface area contributed by atoms with Gasteiger partial charge in [0.05, 0.1) is 0 Å². The molecule has 0 radical (unpaired) electrons. The first-order valence-corrected chi connectivity index (χ1v) is 5.86. The van der Waals surface area contributed by atoms with Crippen LogP contribution in [0.5, 0.6) is 0 Å². The highest BCUT2D eigenvalue weighted by atomic mass is 16.4. The maximum Gasteiger partial charge on any atom is 0.303 e. The Kier molecular flexibility index (Phi) is 1.98. The topological polar surface area (TPSA) is 37.3 Å². The van der Waals surface area contributed by atoms with E-state index in [-0.39, 0.29) is 0 Å². The standard InChI is InChI=1S/C13H16O2/c14-13(15)5-4-8-6-9-7-12(8)11-3-1-2-10(9)11/h1-3,8-9,11-12H,4-7H2,(H,14,15). The number of hydrogen-bond acceptors (Lipinski definition) is 1. The van der Waals surface area contributed by atoms with Crippen LogP contribution in [0, 0.1) is 23.7 Å². The number of aliphatic carboxylic acids is 1. The maximum atomic E-state index is 10.6. The molecule has 3 rings (SSSR count). The van der Waals surface area contributed by atoms with Crippen molar-refractivity contribution < 1.29 is 9.90 Å². The van der Waals surface area contributed by atoms with Gasteiger partial charge in [-0.25, -0.2) is 0 Å². The van der Waals surface area contributed by atoms with E-state index in [1.807, 2.05) is 0 Å². The van der Waals surface area contributed by atoms with E-state index in [0.29, 0.717) is 18.3 Å². The Morgan fingerprint density at radius 1 is 1.47 bits per heavy atom. The predicted molar refractivity (Wildman–Crippen MR) is 57.3 cm³/mol. The molecule has 4 atom stereocenters. The lowest BCUT2D eigenvalue weighted by Gasteiger charge is -2.27. The molecule has 3 aliphatic rings. The van der Waals surface area contributed by atoms with Crippen molar-refractivity contribution in [2.75, 3.05) is 0 Å². The molecule has 0 saturated heterocycles. The van der Waals surface area contributed by atoms with Crippen LogP contribution in [0.4, 0.5) is 0 Å². The van der Waals surface area contributed by atoms with Crippen LogP contribution in [0.25, 0.3) is 0 Å². The zero-order valence-corrected chi connectivity index (χ0v) is 8.73. The molecule has 80 valence electrons. The summed E-state index contributed by atoms with van der Waals surface area (Å²) < 4.78 is 0. The first-order valence-electron chi connectivity index (χ1n) is 5.86. The molecule has 0 aromatic rings. The summed E-state index contributed by atoms with van der Waals surface area (Å²) in [6.45, 7) is 0. The van der Waals surface area contributed by atoms with Crippen LogP contribution in [0.2, 0.25) is 0 Å². The van der Waals surface area contributed by atoms with Crippen molar-refractivity contribution in [2.45, 2.75) is 25.7 Å². The van der Waals surface area contributed by atoms with Crippen LogP contribution >= 0.6 is 0 Å². The van der Waals surface area contributed by atoms with Gasteiger partial charge in [-0.2, -0.15) is 0 Å². The van der Waals surface area contributed by atoms with E-state index in [2.05, 4.69) is 18.2 Å². The van der Waals surface area contributed by atoms with Gasteiger partial charge in [0.2, 0.25) is 0 Å². The number of carboxylic acid groups (broad SMARTS) is 1. The van der Waals surface area contributed by atoms with Gasteiger partial charge >= 0.3 is 5.97 Å². The molecule has 0 aromatic heterocycles. The third kappa shape index (κ3) is 1.35. The highest BCUT2D eigenvalue weighted by Crippen LogP contribution is 2.57. The number of fused-ring (bicyclic) bond motifs is 5. The fourth-order valence-corrected chi connectivity index (χ4v) is 3.82. The number of rotatable bonds is 3. The lowest BCUT2D eigenvalue weighted by Crippen LogP contribution is -2.20. The minimum absolute atomic E-state index is 0.351. The molecular weight excluding hydrogens is 188 g/mol. The van der Waals surface area contributed by atoms with Crippen LogP contribution in [-0.2, 0) is 4.79 Å². The van der Waals surface area contributed by atoms with E-state index < -0.39 is 5.97 Å². The summed E-state index contributed by atoms with van der Waals surface area (Å²) >= 11 is 0.